The number of nitrogens with one attached hydrogen (secondary N) is 1. The van der Waals surface area contributed by atoms with Crippen LogP contribution in [0.25, 0.3) is 10.9 Å². The van der Waals surface area contributed by atoms with Crippen LogP contribution in [0.15, 0.2) is 30.3 Å². The molecule has 1 aromatic heterocycles. The first-order valence-corrected chi connectivity index (χ1v) is 5.64. The first kappa shape index (κ1) is 11.3. The molecule has 1 fully saturated rings. The van der Waals surface area contributed by atoms with Crippen LogP contribution in [0.3, 0.4) is 0 Å². The molecule has 1 N–H and O–H groups in total. The van der Waals surface area contributed by atoms with Gasteiger partial charge in [-0.05, 0) is 19.1 Å². The Morgan fingerprint density at radius 2 is 1.89 bits per heavy atom. The average Bonchev–Trinajstić information content (AvgIpc) is 2.62. The number of carbonyl (C=O) groups excluding carboxylic acids is 3. The molecular formula is C13H9N3O3. The second kappa shape index (κ2) is 3.88. The largest absolute Gasteiger partial charge is 0.336 e. The second-order valence-electron chi connectivity index (χ2n) is 4.20. The number of rotatable bonds is 1. The zero-order valence-electron chi connectivity index (χ0n) is 10.0. The molecule has 6 heteroatoms. The van der Waals surface area contributed by atoms with Crippen LogP contribution in [0.1, 0.15) is 5.69 Å². The number of aromatic nitrogens is 1. The van der Waals surface area contributed by atoms with Crippen molar-refractivity contribution in [2.24, 2.45) is 0 Å². The zero-order chi connectivity index (χ0) is 13.6. The molecule has 0 spiro atoms. The van der Waals surface area contributed by atoms with Crippen LogP contribution in [0, 0.1) is 6.92 Å². The van der Waals surface area contributed by atoms with Crippen molar-refractivity contribution in [2.45, 2.75) is 6.92 Å². The van der Waals surface area contributed by atoms with E-state index >= 15 is 0 Å². The Morgan fingerprint density at radius 3 is 2.58 bits per heavy atom. The average molecular weight is 255 g/mol. The van der Waals surface area contributed by atoms with Crippen molar-refractivity contribution in [3.05, 3.63) is 36.0 Å². The molecule has 94 valence electrons. The molecule has 3 rings (SSSR count). The zero-order valence-corrected chi connectivity index (χ0v) is 10.0. The monoisotopic (exact) mass is 255 g/mol. The normalized spacial score (nSPS) is 15.2. The molecule has 1 aliphatic heterocycles. The Morgan fingerprint density at radius 1 is 1.16 bits per heavy atom. The summed E-state index contributed by atoms with van der Waals surface area (Å²) in [7, 11) is 0. The fourth-order valence-electron chi connectivity index (χ4n) is 2.09. The van der Waals surface area contributed by atoms with Crippen LogP contribution in [-0.4, -0.2) is 22.8 Å². The highest BCUT2D eigenvalue weighted by atomic mass is 16.2. The van der Waals surface area contributed by atoms with Crippen LogP contribution in [0.4, 0.5) is 10.5 Å². The SMILES string of the molecule is Cc1cc(N2C(=O)NC(=O)C2=O)c2ccccc2n1. The van der Waals surface area contributed by atoms with Crippen molar-refractivity contribution in [1.29, 1.82) is 0 Å². The lowest BCUT2D eigenvalue weighted by molar-refractivity contribution is -0.134. The maximum Gasteiger partial charge on any atom is 0.336 e. The van der Waals surface area contributed by atoms with Gasteiger partial charge in [-0.15, -0.1) is 0 Å². The third-order valence-electron chi connectivity index (χ3n) is 2.88. The quantitative estimate of drug-likeness (QED) is 0.612. The molecule has 0 unspecified atom stereocenters. The molecule has 1 saturated heterocycles. The number of carbonyl (C=O) groups is 3. The molecule has 0 radical (unpaired) electrons. The number of nitrogens with zero attached hydrogens (tertiary/aromatic N) is 2. The number of anilines is 1. The van der Waals surface area contributed by atoms with E-state index < -0.39 is 17.8 Å². The number of benzene rings is 1. The van der Waals surface area contributed by atoms with Crippen molar-refractivity contribution in [3.63, 3.8) is 0 Å². The summed E-state index contributed by atoms with van der Waals surface area (Å²) < 4.78 is 0. The van der Waals surface area contributed by atoms with E-state index in [-0.39, 0.29) is 0 Å². The summed E-state index contributed by atoms with van der Waals surface area (Å²) in [6.45, 7) is 1.76. The van der Waals surface area contributed by atoms with E-state index in [1.807, 2.05) is 11.4 Å². The molecule has 0 saturated carbocycles. The van der Waals surface area contributed by atoms with Crippen LogP contribution in [0.5, 0.6) is 0 Å². The van der Waals surface area contributed by atoms with Crippen LogP contribution in [0.2, 0.25) is 0 Å². The van der Waals surface area contributed by atoms with Gasteiger partial charge in [-0.2, -0.15) is 0 Å². The third kappa shape index (κ3) is 1.65. The highest BCUT2D eigenvalue weighted by Gasteiger charge is 2.38. The number of amides is 4. The van der Waals surface area contributed by atoms with E-state index in [0.717, 1.165) is 4.90 Å². The molecule has 4 amide bonds. The minimum atomic E-state index is -0.913. The van der Waals surface area contributed by atoms with Crippen molar-refractivity contribution in [1.82, 2.24) is 10.3 Å². The molecule has 6 nitrogen and oxygen atoms in total. The summed E-state index contributed by atoms with van der Waals surface area (Å²) in [4.78, 5) is 39.9. The van der Waals surface area contributed by atoms with E-state index in [4.69, 9.17) is 0 Å². The summed E-state index contributed by atoms with van der Waals surface area (Å²) >= 11 is 0. The van der Waals surface area contributed by atoms with Crippen LogP contribution >= 0.6 is 0 Å². The Bertz CT molecular complexity index is 739. The minimum Gasteiger partial charge on any atom is -0.269 e. The molecule has 0 bridgehead atoms. The lowest BCUT2D eigenvalue weighted by Crippen LogP contribution is -2.31. The summed E-state index contributed by atoms with van der Waals surface area (Å²) in [6, 6.07) is 8.01. The van der Waals surface area contributed by atoms with E-state index in [9.17, 15) is 14.4 Å². The van der Waals surface area contributed by atoms with Crippen molar-refractivity contribution in [3.8, 4) is 0 Å². The van der Waals surface area contributed by atoms with Gasteiger partial charge in [-0.25, -0.2) is 9.69 Å². The Kier molecular flexibility index (Phi) is 2.31. The number of aryl methyl sites for hydroxylation is 1. The molecular weight excluding hydrogens is 246 g/mol. The first-order chi connectivity index (χ1) is 9.08. The van der Waals surface area contributed by atoms with Gasteiger partial charge in [0.15, 0.2) is 0 Å². The molecule has 1 aromatic carbocycles. The van der Waals surface area contributed by atoms with Crippen LogP contribution < -0.4 is 10.2 Å². The molecule has 1 aliphatic rings. The fourth-order valence-corrected chi connectivity index (χ4v) is 2.09. The third-order valence-corrected chi connectivity index (χ3v) is 2.88. The van der Waals surface area contributed by atoms with E-state index in [0.29, 0.717) is 22.3 Å². The number of hydrogen-bond acceptors (Lipinski definition) is 4. The number of para-hydroxylation sites is 1. The molecule has 19 heavy (non-hydrogen) atoms. The number of pyridine rings is 1. The smallest absolute Gasteiger partial charge is 0.269 e. The second-order valence-corrected chi connectivity index (χ2v) is 4.20. The summed E-state index contributed by atoms with van der Waals surface area (Å²) in [5.41, 5.74) is 1.70. The van der Waals surface area contributed by atoms with Crippen LogP contribution in [-0.2, 0) is 9.59 Å². The topological polar surface area (TPSA) is 79.4 Å². The highest BCUT2D eigenvalue weighted by Crippen LogP contribution is 2.28. The van der Waals surface area contributed by atoms with Gasteiger partial charge in [0.2, 0.25) is 0 Å². The van der Waals surface area contributed by atoms with Gasteiger partial charge >= 0.3 is 17.8 Å². The van der Waals surface area contributed by atoms with Crippen molar-refractivity contribution in [2.75, 3.05) is 4.90 Å². The van der Waals surface area contributed by atoms with Crippen molar-refractivity contribution >= 4 is 34.4 Å². The number of fused-ring (bicyclic) bond motifs is 1. The predicted molar refractivity (Wildman–Crippen MR) is 67.5 cm³/mol. The Balaban J connectivity index is 2.28. The lowest BCUT2D eigenvalue weighted by Gasteiger charge is -2.14. The number of imide groups is 2. The fraction of sp³-hybridized carbons (Fsp3) is 0.0769. The maximum absolute atomic E-state index is 11.7. The molecule has 0 atom stereocenters. The predicted octanol–water partition coefficient (Wildman–Crippen LogP) is 1.13. The van der Waals surface area contributed by atoms with Crippen molar-refractivity contribution < 1.29 is 14.4 Å². The lowest BCUT2D eigenvalue weighted by atomic mass is 10.1. The van der Waals surface area contributed by atoms with E-state index in [1.165, 1.54) is 0 Å². The van der Waals surface area contributed by atoms with Gasteiger partial charge in [0.1, 0.15) is 0 Å². The standard InChI is InChI=1S/C13H9N3O3/c1-7-6-10(8-4-2-3-5-9(8)14-7)16-12(18)11(17)15-13(16)19/h2-6H,1H3,(H,15,17,19). The van der Waals surface area contributed by atoms with Gasteiger partial charge in [0, 0.05) is 11.1 Å². The molecule has 2 aromatic rings. The summed E-state index contributed by atoms with van der Waals surface area (Å²) in [5, 5.41) is 2.62. The Labute approximate surface area is 108 Å². The maximum atomic E-state index is 11.7. The van der Waals surface area contributed by atoms with Gasteiger partial charge in [-0.3, -0.25) is 19.9 Å². The van der Waals surface area contributed by atoms with Gasteiger partial charge in [-0.1, -0.05) is 18.2 Å². The highest BCUT2D eigenvalue weighted by molar-refractivity contribution is 6.53. The number of hydrogen-bond donors (Lipinski definition) is 1. The summed E-state index contributed by atoms with van der Waals surface area (Å²) in [6.07, 6.45) is 0. The van der Waals surface area contributed by atoms with Gasteiger partial charge < -0.3 is 0 Å². The van der Waals surface area contributed by atoms with Gasteiger partial charge in [0.25, 0.3) is 0 Å². The first-order valence-electron chi connectivity index (χ1n) is 5.64. The summed E-state index contributed by atoms with van der Waals surface area (Å²) in [5.74, 6) is -1.79. The van der Waals surface area contributed by atoms with Gasteiger partial charge in [0.05, 0.1) is 11.2 Å². The number of urea groups is 1. The molecule has 0 aliphatic carbocycles. The molecule has 2 heterocycles. The minimum absolute atomic E-state index is 0.372. The van der Waals surface area contributed by atoms with E-state index in [1.54, 1.807) is 31.2 Å². The van der Waals surface area contributed by atoms with E-state index in [2.05, 4.69) is 4.98 Å². The Hall–Kier alpha value is -2.76.